The zero-order chi connectivity index (χ0) is 12.6. The lowest BCUT2D eigenvalue weighted by Crippen LogP contribution is -2.30. The molecule has 1 aromatic carbocycles. The van der Waals surface area contributed by atoms with Crippen LogP contribution in [0.4, 0.5) is 4.79 Å². The minimum absolute atomic E-state index is 0.328. The van der Waals surface area contributed by atoms with E-state index in [0.717, 1.165) is 18.5 Å². The normalized spacial score (nSPS) is 18.6. The Labute approximate surface area is 108 Å². The molecule has 4 nitrogen and oxygen atoms in total. The molecule has 0 bridgehead atoms. The van der Waals surface area contributed by atoms with Crippen molar-refractivity contribution in [1.29, 1.82) is 0 Å². The predicted molar refractivity (Wildman–Crippen MR) is 70.3 cm³/mol. The fraction of sp³-hybridized carbons (Fsp3) is 0.500. The highest BCUT2D eigenvalue weighted by atomic mass is 16.5. The van der Waals surface area contributed by atoms with E-state index >= 15 is 0 Å². The summed E-state index contributed by atoms with van der Waals surface area (Å²) in [6.45, 7) is 2.10. The summed E-state index contributed by atoms with van der Waals surface area (Å²) in [4.78, 5) is 11.4. The highest BCUT2D eigenvalue weighted by Gasteiger charge is 2.13. The van der Waals surface area contributed by atoms with Gasteiger partial charge < -0.3 is 15.4 Å². The van der Waals surface area contributed by atoms with E-state index in [9.17, 15) is 4.79 Å². The lowest BCUT2D eigenvalue weighted by molar-refractivity contribution is 0.139. The minimum Gasteiger partial charge on any atom is -0.445 e. The van der Waals surface area contributed by atoms with Crippen LogP contribution in [-0.2, 0) is 11.3 Å². The molecule has 1 atom stereocenters. The zero-order valence-corrected chi connectivity index (χ0v) is 10.5. The van der Waals surface area contributed by atoms with Gasteiger partial charge in [-0.25, -0.2) is 4.79 Å². The topological polar surface area (TPSA) is 50.4 Å². The van der Waals surface area contributed by atoms with Gasteiger partial charge in [0.15, 0.2) is 0 Å². The number of carbonyl (C=O) groups is 1. The lowest BCUT2D eigenvalue weighted by Gasteiger charge is -2.11. The molecule has 18 heavy (non-hydrogen) atoms. The van der Waals surface area contributed by atoms with Gasteiger partial charge in [0, 0.05) is 12.6 Å². The maximum absolute atomic E-state index is 11.4. The number of alkyl carbamates (subject to hydrolysis) is 1. The van der Waals surface area contributed by atoms with E-state index in [1.807, 2.05) is 30.3 Å². The molecular formula is C14H20N2O2. The van der Waals surface area contributed by atoms with Crippen molar-refractivity contribution in [3.8, 4) is 0 Å². The van der Waals surface area contributed by atoms with E-state index in [4.69, 9.17) is 4.74 Å². The Morgan fingerprint density at radius 1 is 1.39 bits per heavy atom. The average molecular weight is 248 g/mol. The fourth-order valence-corrected chi connectivity index (χ4v) is 2.13. The largest absolute Gasteiger partial charge is 0.445 e. The van der Waals surface area contributed by atoms with E-state index in [1.165, 1.54) is 12.8 Å². The molecular weight excluding hydrogens is 228 g/mol. The highest BCUT2D eigenvalue weighted by Crippen LogP contribution is 2.07. The molecule has 1 amide bonds. The summed E-state index contributed by atoms with van der Waals surface area (Å²) >= 11 is 0. The van der Waals surface area contributed by atoms with Gasteiger partial charge in [-0.2, -0.15) is 0 Å². The van der Waals surface area contributed by atoms with Crippen LogP contribution in [0, 0.1) is 0 Å². The summed E-state index contributed by atoms with van der Waals surface area (Å²) in [6, 6.07) is 10.2. The molecule has 1 unspecified atom stereocenters. The van der Waals surface area contributed by atoms with Gasteiger partial charge in [-0.05, 0) is 31.4 Å². The summed E-state index contributed by atoms with van der Waals surface area (Å²) in [6.07, 6.45) is 3.08. The van der Waals surface area contributed by atoms with Crippen LogP contribution < -0.4 is 10.6 Å². The maximum atomic E-state index is 11.4. The molecule has 0 radical (unpaired) electrons. The quantitative estimate of drug-likeness (QED) is 0.838. The first-order valence-electron chi connectivity index (χ1n) is 6.52. The molecule has 4 heteroatoms. The Morgan fingerprint density at radius 3 is 2.94 bits per heavy atom. The summed E-state index contributed by atoms with van der Waals surface area (Å²) in [5.74, 6) is 0. The predicted octanol–water partition coefficient (Wildman–Crippen LogP) is 2.05. The van der Waals surface area contributed by atoms with Crippen LogP contribution in [0.2, 0.25) is 0 Å². The maximum Gasteiger partial charge on any atom is 0.407 e. The van der Waals surface area contributed by atoms with Gasteiger partial charge in [-0.3, -0.25) is 0 Å². The van der Waals surface area contributed by atoms with Crippen molar-refractivity contribution >= 4 is 6.09 Å². The number of amides is 1. The second-order valence-corrected chi connectivity index (χ2v) is 4.57. The molecule has 0 aliphatic carbocycles. The van der Waals surface area contributed by atoms with Gasteiger partial charge in [0.2, 0.25) is 0 Å². The van der Waals surface area contributed by atoms with Gasteiger partial charge in [-0.15, -0.1) is 0 Å². The van der Waals surface area contributed by atoms with Gasteiger partial charge >= 0.3 is 6.09 Å². The summed E-state index contributed by atoms with van der Waals surface area (Å²) in [5.41, 5.74) is 1.00. The third-order valence-corrected chi connectivity index (χ3v) is 3.14. The number of rotatable bonds is 5. The molecule has 0 aromatic heterocycles. The number of hydrogen-bond donors (Lipinski definition) is 2. The van der Waals surface area contributed by atoms with Crippen molar-refractivity contribution in [2.45, 2.75) is 31.9 Å². The molecule has 1 aromatic rings. The van der Waals surface area contributed by atoms with Crippen molar-refractivity contribution in [2.75, 3.05) is 13.1 Å². The Morgan fingerprint density at radius 2 is 2.22 bits per heavy atom. The van der Waals surface area contributed by atoms with Crippen molar-refractivity contribution in [2.24, 2.45) is 0 Å². The van der Waals surface area contributed by atoms with Crippen LogP contribution >= 0.6 is 0 Å². The van der Waals surface area contributed by atoms with Crippen LogP contribution in [0.15, 0.2) is 30.3 Å². The third-order valence-electron chi connectivity index (χ3n) is 3.14. The Balaban J connectivity index is 1.57. The second kappa shape index (κ2) is 7.01. The fourth-order valence-electron chi connectivity index (χ4n) is 2.13. The van der Waals surface area contributed by atoms with Crippen LogP contribution in [0.1, 0.15) is 24.8 Å². The number of ether oxygens (including phenoxy) is 1. The summed E-state index contributed by atoms with van der Waals surface area (Å²) in [7, 11) is 0. The molecule has 98 valence electrons. The molecule has 0 spiro atoms. The third kappa shape index (κ3) is 4.37. The Kier molecular flexibility index (Phi) is 5.02. The van der Waals surface area contributed by atoms with E-state index in [0.29, 0.717) is 19.2 Å². The van der Waals surface area contributed by atoms with Crippen molar-refractivity contribution in [1.82, 2.24) is 10.6 Å². The Bertz CT molecular complexity index is 361. The first-order chi connectivity index (χ1) is 8.84. The minimum atomic E-state index is -0.336. The van der Waals surface area contributed by atoms with Crippen LogP contribution in [0.3, 0.4) is 0 Å². The number of hydrogen-bond acceptors (Lipinski definition) is 3. The molecule has 1 aliphatic rings. The molecule has 1 aliphatic heterocycles. The highest BCUT2D eigenvalue weighted by molar-refractivity contribution is 5.67. The SMILES string of the molecule is O=C(NCCC1CCCN1)OCc1ccccc1. The van der Waals surface area contributed by atoms with E-state index in [-0.39, 0.29) is 6.09 Å². The molecule has 2 N–H and O–H groups in total. The molecule has 2 rings (SSSR count). The molecule has 0 saturated carbocycles. The van der Waals surface area contributed by atoms with Crippen molar-refractivity contribution < 1.29 is 9.53 Å². The van der Waals surface area contributed by atoms with Gasteiger partial charge in [0.05, 0.1) is 0 Å². The zero-order valence-electron chi connectivity index (χ0n) is 10.5. The average Bonchev–Trinajstić information content (AvgIpc) is 2.91. The van der Waals surface area contributed by atoms with Gasteiger partial charge in [-0.1, -0.05) is 30.3 Å². The molecule has 1 heterocycles. The first-order valence-corrected chi connectivity index (χ1v) is 6.52. The number of benzene rings is 1. The monoisotopic (exact) mass is 248 g/mol. The first kappa shape index (κ1) is 12.9. The smallest absolute Gasteiger partial charge is 0.407 e. The summed E-state index contributed by atoms with van der Waals surface area (Å²) < 4.78 is 5.12. The standard InChI is InChI=1S/C14H20N2O2/c17-14(16-10-8-13-7-4-9-15-13)18-11-12-5-2-1-3-6-12/h1-3,5-6,13,15H,4,7-11H2,(H,16,17). The van der Waals surface area contributed by atoms with Crippen LogP contribution in [-0.4, -0.2) is 25.2 Å². The number of nitrogens with one attached hydrogen (secondary N) is 2. The molecule has 1 saturated heterocycles. The molecule has 1 fully saturated rings. The van der Waals surface area contributed by atoms with Gasteiger partial charge in [0.25, 0.3) is 0 Å². The van der Waals surface area contributed by atoms with Crippen LogP contribution in [0.5, 0.6) is 0 Å². The Hall–Kier alpha value is -1.55. The number of carbonyl (C=O) groups excluding carboxylic acids is 1. The lowest BCUT2D eigenvalue weighted by atomic mass is 10.2. The second-order valence-electron chi connectivity index (χ2n) is 4.57. The van der Waals surface area contributed by atoms with Crippen molar-refractivity contribution in [3.05, 3.63) is 35.9 Å². The van der Waals surface area contributed by atoms with E-state index in [1.54, 1.807) is 0 Å². The van der Waals surface area contributed by atoms with Crippen LogP contribution in [0.25, 0.3) is 0 Å². The van der Waals surface area contributed by atoms with Crippen molar-refractivity contribution in [3.63, 3.8) is 0 Å². The van der Waals surface area contributed by atoms with E-state index in [2.05, 4.69) is 10.6 Å². The van der Waals surface area contributed by atoms with E-state index < -0.39 is 0 Å². The van der Waals surface area contributed by atoms with Gasteiger partial charge in [0.1, 0.15) is 6.61 Å². The summed E-state index contributed by atoms with van der Waals surface area (Å²) in [5, 5.41) is 6.17.